The third kappa shape index (κ3) is 3.95. The predicted molar refractivity (Wildman–Crippen MR) is 82.9 cm³/mol. The monoisotopic (exact) mass is 312 g/mol. The largest absolute Gasteiger partial charge is 0.353 e. The van der Waals surface area contributed by atoms with Gasteiger partial charge in [0.1, 0.15) is 5.82 Å². The van der Waals surface area contributed by atoms with Crippen LogP contribution in [-0.4, -0.2) is 18.0 Å². The first kappa shape index (κ1) is 16.2. The van der Waals surface area contributed by atoms with Gasteiger partial charge in [0.25, 0.3) is 0 Å². The van der Waals surface area contributed by atoms with Gasteiger partial charge in [0, 0.05) is 24.4 Å². The summed E-state index contributed by atoms with van der Waals surface area (Å²) in [5, 5.41) is 3.05. The van der Waals surface area contributed by atoms with Crippen LogP contribution in [-0.2, 0) is 4.79 Å². The van der Waals surface area contributed by atoms with Crippen molar-refractivity contribution >= 4 is 18.3 Å². The molecule has 2 aliphatic rings. The minimum absolute atomic E-state index is 0. The van der Waals surface area contributed by atoms with Gasteiger partial charge in [-0.05, 0) is 42.9 Å². The van der Waals surface area contributed by atoms with E-state index in [-0.39, 0.29) is 42.1 Å². The molecule has 0 aromatic heterocycles. The molecular weight excluding hydrogens is 291 g/mol. The second-order valence-corrected chi connectivity index (χ2v) is 6.13. The molecule has 3 rings (SSSR count). The summed E-state index contributed by atoms with van der Waals surface area (Å²) in [6.45, 7) is 0. The van der Waals surface area contributed by atoms with Crippen LogP contribution in [0.15, 0.2) is 24.3 Å². The first-order chi connectivity index (χ1) is 9.63. The van der Waals surface area contributed by atoms with E-state index in [1.807, 2.05) is 6.07 Å². The van der Waals surface area contributed by atoms with Crippen LogP contribution in [0.1, 0.15) is 43.6 Å². The second kappa shape index (κ2) is 6.75. The van der Waals surface area contributed by atoms with Crippen molar-refractivity contribution in [2.24, 2.45) is 11.7 Å². The van der Waals surface area contributed by atoms with Crippen LogP contribution >= 0.6 is 12.4 Å². The lowest BCUT2D eigenvalue weighted by Gasteiger charge is -2.14. The average molecular weight is 313 g/mol. The Balaban J connectivity index is 0.00000161. The van der Waals surface area contributed by atoms with Crippen molar-refractivity contribution in [3.05, 3.63) is 35.6 Å². The maximum atomic E-state index is 13.2. The first-order valence-electron chi connectivity index (χ1n) is 7.44. The molecule has 0 aliphatic heterocycles. The smallest absolute Gasteiger partial charge is 0.220 e. The summed E-state index contributed by atoms with van der Waals surface area (Å²) in [6, 6.07) is 7.00. The Hall–Kier alpha value is -1.13. The van der Waals surface area contributed by atoms with Crippen LogP contribution in [0.4, 0.5) is 4.39 Å². The van der Waals surface area contributed by atoms with Gasteiger partial charge in [-0.3, -0.25) is 4.79 Å². The summed E-state index contributed by atoms with van der Waals surface area (Å²) in [5.74, 6) is 0.487. The van der Waals surface area contributed by atoms with Gasteiger partial charge in [0.2, 0.25) is 5.91 Å². The van der Waals surface area contributed by atoms with E-state index in [1.54, 1.807) is 12.1 Å². The molecule has 1 aromatic rings. The molecule has 0 heterocycles. The minimum Gasteiger partial charge on any atom is -0.353 e. The Labute approximate surface area is 130 Å². The number of benzene rings is 1. The highest BCUT2D eigenvalue weighted by Crippen LogP contribution is 2.41. The topological polar surface area (TPSA) is 55.1 Å². The van der Waals surface area contributed by atoms with Crippen molar-refractivity contribution in [1.29, 1.82) is 0 Å². The number of hydrogen-bond acceptors (Lipinski definition) is 2. The number of nitrogens with one attached hydrogen (secondary N) is 1. The molecule has 2 saturated carbocycles. The van der Waals surface area contributed by atoms with E-state index in [9.17, 15) is 9.18 Å². The number of hydrogen-bond donors (Lipinski definition) is 2. The Morgan fingerprint density at radius 1 is 1.38 bits per heavy atom. The van der Waals surface area contributed by atoms with Crippen LogP contribution in [0.5, 0.6) is 0 Å². The highest BCUT2D eigenvalue weighted by molar-refractivity contribution is 5.85. The standard InChI is InChI=1S/C16H21FN2O.ClH/c17-12-5-1-3-10(7-12)13-9-15(13)19-16(20)8-11-4-2-6-14(11)18;/h1,3,5,7,11,13-15H,2,4,6,8-9,18H2,(H,19,20);1H/t11-,13?,14+,15?;/m0./s1. The van der Waals surface area contributed by atoms with E-state index in [2.05, 4.69) is 5.32 Å². The lowest BCUT2D eigenvalue weighted by Crippen LogP contribution is -2.33. The summed E-state index contributed by atoms with van der Waals surface area (Å²) >= 11 is 0. The van der Waals surface area contributed by atoms with Gasteiger partial charge in [-0.2, -0.15) is 0 Å². The summed E-state index contributed by atoms with van der Waals surface area (Å²) in [5.41, 5.74) is 6.97. The molecule has 0 saturated heterocycles. The van der Waals surface area contributed by atoms with E-state index in [1.165, 1.54) is 6.07 Å². The van der Waals surface area contributed by atoms with E-state index >= 15 is 0 Å². The number of carbonyl (C=O) groups excluding carboxylic acids is 1. The molecule has 1 aromatic carbocycles. The Kier molecular flexibility index (Phi) is 5.22. The molecule has 0 spiro atoms. The highest BCUT2D eigenvalue weighted by atomic mass is 35.5. The molecule has 2 unspecified atom stereocenters. The number of amides is 1. The molecule has 1 amide bonds. The van der Waals surface area contributed by atoms with E-state index < -0.39 is 0 Å². The fourth-order valence-electron chi connectivity index (χ4n) is 3.28. The predicted octanol–water partition coefficient (Wildman–Crippen LogP) is 2.74. The number of halogens is 2. The van der Waals surface area contributed by atoms with Crippen LogP contribution in [0.2, 0.25) is 0 Å². The number of carbonyl (C=O) groups is 1. The Bertz CT molecular complexity index is 511. The van der Waals surface area contributed by atoms with Gasteiger partial charge in [0.05, 0.1) is 0 Å². The normalized spacial score (nSPS) is 30.6. The van der Waals surface area contributed by atoms with Crippen LogP contribution in [0.25, 0.3) is 0 Å². The molecule has 2 fully saturated rings. The van der Waals surface area contributed by atoms with Crippen molar-refractivity contribution < 1.29 is 9.18 Å². The molecule has 0 bridgehead atoms. The van der Waals surface area contributed by atoms with Crippen LogP contribution < -0.4 is 11.1 Å². The second-order valence-electron chi connectivity index (χ2n) is 6.13. The lowest BCUT2D eigenvalue weighted by molar-refractivity contribution is -0.122. The van der Waals surface area contributed by atoms with E-state index in [0.717, 1.165) is 31.2 Å². The highest BCUT2D eigenvalue weighted by Gasteiger charge is 2.40. The quantitative estimate of drug-likeness (QED) is 0.898. The van der Waals surface area contributed by atoms with Gasteiger partial charge in [-0.15, -0.1) is 12.4 Å². The maximum Gasteiger partial charge on any atom is 0.220 e. The van der Waals surface area contributed by atoms with Crippen molar-refractivity contribution in [3.8, 4) is 0 Å². The van der Waals surface area contributed by atoms with Gasteiger partial charge < -0.3 is 11.1 Å². The van der Waals surface area contributed by atoms with E-state index in [4.69, 9.17) is 5.73 Å². The van der Waals surface area contributed by atoms with E-state index in [0.29, 0.717) is 12.3 Å². The third-order valence-electron chi connectivity index (χ3n) is 4.58. The van der Waals surface area contributed by atoms with Crippen molar-refractivity contribution in [3.63, 3.8) is 0 Å². The molecule has 116 valence electrons. The molecule has 3 nitrogen and oxygen atoms in total. The molecule has 0 radical (unpaired) electrons. The average Bonchev–Trinajstić information content (AvgIpc) is 3.05. The zero-order valence-electron chi connectivity index (χ0n) is 11.9. The summed E-state index contributed by atoms with van der Waals surface area (Å²) < 4.78 is 13.2. The third-order valence-corrected chi connectivity index (χ3v) is 4.58. The Morgan fingerprint density at radius 2 is 2.19 bits per heavy atom. The van der Waals surface area contributed by atoms with Crippen molar-refractivity contribution in [1.82, 2.24) is 5.32 Å². The number of rotatable bonds is 4. The molecule has 4 atom stereocenters. The van der Waals surface area contributed by atoms with Gasteiger partial charge in [-0.25, -0.2) is 4.39 Å². The summed E-state index contributed by atoms with van der Waals surface area (Å²) in [6.07, 6.45) is 4.67. The minimum atomic E-state index is -0.212. The Morgan fingerprint density at radius 3 is 2.86 bits per heavy atom. The van der Waals surface area contributed by atoms with Crippen LogP contribution in [0, 0.1) is 11.7 Å². The summed E-state index contributed by atoms with van der Waals surface area (Å²) in [7, 11) is 0. The molecule has 2 aliphatic carbocycles. The molecule has 21 heavy (non-hydrogen) atoms. The van der Waals surface area contributed by atoms with Gasteiger partial charge >= 0.3 is 0 Å². The molecule has 3 N–H and O–H groups in total. The SMILES string of the molecule is Cl.N[C@@H]1CCC[C@H]1CC(=O)NC1CC1c1cccc(F)c1. The van der Waals surface area contributed by atoms with Crippen molar-refractivity contribution in [2.75, 3.05) is 0 Å². The molecular formula is C16H22ClFN2O. The fourth-order valence-corrected chi connectivity index (χ4v) is 3.28. The number of nitrogens with two attached hydrogens (primary N) is 1. The van der Waals surface area contributed by atoms with Crippen LogP contribution in [0.3, 0.4) is 0 Å². The maximum absolute atomic E-state index is 13.2. The molecule has 5 heteroatoms. The lowest BCUT2D eigenvalue weighted by atomic mass is 10.00. The fraction of sp³-hybridized carbons (Fsp3) is 0.562. The van der Waals surface area contributed by atoms with Crippen molar-refractivity contribution in [2.45, 2.75) is 50.1 Å². The zero-order valence-corrected chi connectivity index (χ0v) is 12.7. The zero-order chi connectivity index (χ0) is 14.1. The summed E-state index contributed by atoms with van der Waals surface area (Å²) in [4.78, 5) is 12.0. The first-order valence-corrected chi connectivity index (χ1v) is 7.44. The van der Waals surface area contributed by atoms with Gasteiger partial charge in [-0.1, -0.05) is 18.6 Å². The van der Waals surface area contributed by atoms with Gasteiger partial charge in [0.15, 0.2) is 0 Å².